The molecule has 7 nitrogen and oxygen atoms in total. The Hall–Kier alpha value is -1.18. The molecule has 2 amide bonds. The number of cyclic esters (lactones) is 1. The zero-order chi connectivity index (χ0) is 12.3. The van der Waals surface area contributed by atoms with E-state index in [-0.39, 0.29) is 18.6 Å². The smallest absolute Gasteiger partial charge is 0.416 e. The number of nitrogens with zero attached hydrogens (tertiary/aromatic N) is 2. The van der Waals surface area contributed by atoms with Crippen molar-refractivity contribution in [2.45, 2.75) is 6.10 Å². The molecule has 2 heterocycles. The van der Waals surface area contributed by atoms with Crippen LogP contribution in [-0.4, -0.2) is 73.8 Å². The van der Waals surface area contributed by atoms with Crippen LogP contribution in [0.5, 0.6) is 0 Å². The lowest BCUT2D eigenvalue weighted by atomic mass is 10.2. The maximum atomic E-state index is 11.8. The fraction of sp³-hybridized carbons (Fsp3) is 0.800. The van der Waals surface area contributed by atoms with E-state index in [0.29, 0.717) is 39.4 Å². The Balaban J connectivity index is 1.83. The Morgan fingerprint density at radius 3 is 2.88 bits per heavy atom. The quantitative estimate of drug-likeness (QED) is 0.658. The van der Waals surface area contributed by atoms with E-state index >= 15 is 0 Å². The van der Waals surface area contributed by atoms with E-state index in [2.05, 4.69) is 0 Å². The normalized spacial score (nSPS) is 26.1. The van der Waals surface area contributed by atoms with Gasteiger partial charge in [0, 0.05) is 19.6 Å². The maximum absolute atomic E-state index is 11.8. The summed E-state index contributed by atoms with van der Waals surface area (Å²) < 4.78 is 10.1. The van der Waals surface area contributed by atoms with E-state index in [4.69, 9.17) is 15.2 Å². The largest absolute Gasteiger partial charge is 0.447 e. The first-order valence-corrected chi connectivity index (χ1v) is 5.72. The molecule has 1 atom stereocenters. The van der Waals surface area contributed by atoms with Gasteiger partial charge in [0.25, 0.3) is 0 Å². The number of hydrogen-bond acceptors (Lipinski definition) is 6. The highest BCUT2D eigenvalue weighted by molar-refractivity contribution is 5.94. The van der Waals surface area contributed by atoms with Gasteiger partial charge in [-0.1, -0.05) is 0 Å². The summed E-state index contributed by atoms with van der Waals surface area (Å²) in [6, 6.07) is 0. The second-order valence-corrected chi connectivity index (χ2v) is 4.12. The van der Waals surface area contributed by atoms with Crippen molar-refractivity contribution in [2.24, 2.45) is 5.73 Å². The van der Waals surface area contributed by atoms with E-state index in [1.807, 2.05) is 4.90 Å². The van der Waals surface area contributed by atoms with Crippen LogP contribution in [-0.2, 0) is 14.3 Å². The third-order valence-corrected chi connectivity index (χ3v) is 2.91. The van der Waals surface area contributed by atoms with Gasteiger partial charge < -0.3 is 15.2 Å². The molecule has 0 spiro atoms. The molecule has 0 aliphatic carbocycles. The van der Waals surface area contributed by atoms with E-state index < -0.39 is 6.09 Å². The van der Waals surface area contributed by atoms with Crippen LogP contribution in [0.1, 0.15) is 0 Å². The number of morpholine rings is 1. The van der Waals surface area contributed by atoms with E-state index in [1.54, 1.807) is 0 Å². The summed E-state index contributed by atoms with van der Waals surface area (Å²) in [6.07, 6.45) is -0.569. The lowest BCUT2D eigenvalue weighted by Gasteiger charge is -2.32. The zero-order valence-corrected chi connectivity index (χ0v) is 9.63. The SMILES string of the molecule is NCC1CN(CC(=O)N2CCOC2=O)CCO1. The summed E-state index contributed by atoms with van der Waals surface area (Å²) in [4.78, 5) is 26.1. The summed E-state index contributed by atoms with van der Waals surface area (Å²) in [5.74, 6) is -0.217. The number of amides is 2. The molecule has 0 radical (unpaired) electrons. The fourth-order valence-electron chi connectivity index (χ4n) is 1.96. The number of carbonyl (C=O) groups is 2. The Bertz CT molecular complexity index is 310. The Labute approximate surface area is 99.4 Å². The van der Waals surface area contributed by atoms with Crippen LogP contribution in [0.2, 0.25) is 0 Å². The van der Waals surface area contributed by atoms with Crippen LogP contribution in [0.3, 0.4) is 0 Å². The summed E-state index contributed by atoms with van der Waals surface area (Å²) in [5.41, 5.74) is 5.52. The molecular formula is C10H17N3O4. The van der Waals surface area contributed by atoms with Gasteiger partial charge in [-0.3, -0.25) is 9.69 Å². The molecular weight excluding hydrogens is 226 g/mol. The first-order valence-electron chi connectivity index (χ1n) is 5.72. The molecule has 0 aromatic heterocycles. The second-order valence-electron chi connectivity index (χ2n) is 4.12. The highest BCUT2D eigenvalue weighted by Gasteiger charge is 2.30. The molecule has 2 rings (SSSR count). The summed E-state index contributed by atoms with van der Waals surface area (Å²) in [5, 5.41) is 0. The Morgan fingerprint density at radius 2 is 2.24 bits per heavy atom. The lowest BCUT2D eigenvalue weighted by Crippen LogP contribution is -2.49. The van der Waals surface area contributed by atoms with Gasteiger partial charge in [-0.15, -0.1) is 0 Å². The number of ether oxygens (including phenoxy) is 2. The molecule has 17 heavy (non-hydrogen) atoms. The first kappa shape index (κ1) is 12.3. The number of carbonyl (C=O) groups excluding carboxylic acids is 2. The van der Waals surface area contributed by atoms with E-state index in [1.165, 1.54) is 0 Å². The Kier molecular flexibility index (Phi) is 3.93. The predicted molar refractivity (Wildman–Crippen MR) is 58.3 cm³/mol. The van der Waals surface area contributed by atoms with Crippen LogP contribution >= 0.6 is 0 Å². The monoisotopic (exact) mass is 243 g/mol. The van der Waals surface area contributed by atoms with Crippen LogP contribution in [0.15, 0.2) is 0 Å². The van der Waals surface area contributed by atoms with Crippen molar-refractivity contribution in [3.8, 4) is 0 Å². The van der Waals surface area contributed by atoms with Crippen molar-refractivity contribution in [3.05, 3.63) is 0 Å². The van der Waals surface area contributed by atoms with Gasteiger partial charge in [-0.25, -0.2) is 9.69 Å². The predicted octanol–water partition coefficient (Wildman–Crippen LogP) is -1.38. The van der Waals surface area contributed by atoms with E-state index in [9.17, 15) is 9.59 Å². The van der Waals surface area contributed by atoms with Crippen LogP contribution in [0, 0.1) is 0 Å². The van der Waals surface area contributed by atoms with Crippen molar-refractivity contribution in [2.75, 3.05) is 45.9 Å². The highest BCUT2D eigenvalue weighted by Crippen LogP contribution is 2.08. The average Bonchev–Trinajstić information content (AvgIpc) is 2.76. The van der Waals surface area contributed by atoms with E-state index in [0.717, 1.165) is 4.90 Å². The minimum absolute atomic E-state index is 0.0259. The number of hydrogen-bond donors (Lipinski definition) is 1. The van der Waals surface area contributed by atoms with Crippen molar-refractivity contribution in [1.82, 2.24) is 9.80 Å². The molecule has 1 unspecified atom stereocenters. The molecule has 2 aliphatic heterocycles. The molecule has 7 heteroatoms. The summed E-state index contributed by atoms with van der Waals surface area (Å²) in [6.45, 7) is 3.18. The maximum Gasteiger partial charge on any atom is 0.416 e. The molecule has 0 bridgehead atoms. The van der Waals surface area contributed by atoms with Crippen molar-refractivity contribution >= 4 is 12.0 Å². The topological polar surface area (TPSA) is 85.1 Å². The fourth-order valence-corrected chi connectivity index (χ4v) is 1.96. The minimum Gasteiger partial charge on any atom is -0.447 e. The highest BCUT2D eigenvalue weighted by atomic mass is 16.6. The molecule has 96 valence electrons. The minimum atomic E-state index is -0.543. The standard InChI is InChI=1S/C10H17N3O4/c11-5-8-6-12(1-3-16-8)7-9(14)13-2-4-17-10(13)15/h8H,1-7,11H2. The average molecular weight is 243 g/mol. The Morgan fingerprint density at radius 1 is 1.41 bits per heavy atom. The molecule has 0 aromatic carbocycles. The van der Waals surface area contributed by atoms with Crippen LogP contribution < -0.4 is 5.73 Å². The van der Waals surface area contributed by atoms with Gasteiger partial charge >= 0.3 is 6.09 Å². The molecule has 2 aliphatic rings. The van der Waals surface area contributed by atoms with Crippen LogP contribution in [0.25, 0.3) is 0 Å². The van der Waals surface area contributed by atoms with Crippen molar-refractivity contribution in [1.29, 1.82) is 0 Å². The summed E-state index contributed by atoms with van der Waals surface area (Å²) >= 11 is 0. The third-order valence-electron chi connectivity index (χ3n) is 2.91. The third kappa shape index (κ3) is 2.93. The molecule has 2 fully saturated rings. The zero-order valence-electron chi connectivity index (χ0n) is 9.63. The van der Waals surface area contributed by atoms with Gasteiger partial charge in [0.1, 0.15) is 6.61 Å². The van der Waals surface area contributed by atoms with Gasteiger partial charge in [0.15, 0.2) is 0 Å². The molecule has 0 aromatic rings. The van der Waals surface area contributed by atoms with Crippen molar-refractivity contribution < 1.29 is 19.1 Å². The second kappa shape index (κ2) is 5.44. The molecule has 2 N–H and O–H groups in total. The number of rotatable bonds is 3. The lowest BCUT2D eigenvalue weighted by molar-refractivity contribution is -0.130. The van der Waals surface area contributed by atoms with Crippen LogP contribution in [0.4, 0.5) is 4.79 Å². The van der Waals surface area contributed by atoms with Gasteiger partial charge in [-0.05, 0) is 0 Å². The molecule has 0 saturated carbocycles. The van der Waals surface area contributed by atoms with Gasteiger partial charge in [-0.2, -0.15) is 0 Å². The van der Waals surface area contributed by atoms with Gasteiger partial charge in [0.2, 0.25) is 5.91 Å². The first-order chi connectivity index (χ1) is 8.20. The van der Waals surface area contributed by atoms with Gasteiger partial charge in [0.05, 0.1) is 25.8 Å². The number of imide groups is 1. The van der Waals surface area contributed by atoms with Crippen molar-refractivity contribution in [3.63, 3.8) is 0 Å². The molecule has 2 saturated heterocycles. The summed E-state index contributed by atoms with van der Waals surface area (Å²) in [7, 11) is 0. The number of nitrogens with two attached hydrogens (primary N) is 1.